The smallest absolute Gasteiger partial charge is 0.268 e. The lowest BCUT2D eigenvalue weighted by molar-refractivity contribution is 0.0988. The number of rotatable bonds is 5. The van der Waals surface area contributed by atoms with E-state index in [2.05, 4.69) is 4.98 Å². The third-order valence-corrected chi connectivity index (χ3v) is 4.36. The van der Waals surface area contributed by atoms with E-state index in [1.165, 1.54) is 31.6 Å². The van der Waals surface area contributed by atoms with Crippen LogP contribution in [0.2, 0.25) is 5.02 Å². The van der Waals surface area contributed by atoms with Gasteiger partial charge < -0.3 is 19.7 Å². The molecule has 0 amide bonds. The van der Waals surface area contributed by atoms with E-state index >= 15 is 0 Å². The SMILES string of the molecule is C/C=C/n1c(=O)c(-c2c(F)ccc(Cl)c2OCO)c(O)c2c(OC)ccnc21. The number of aliphatic hydroxyl groups is 1. The summed E-state index contributed by atoms with van der Waals surface area (Å²) in [5, 5.41) is 20.1. The first kappa shape index (κ1) is 19.7. The van der Waals surface area contributed by atoms with Crippen LogP contribution in [0.1, 0.15) is 6.92 Å². The molecule has 0 aliphatic carbocycles. The maximum absolute atomic E-state index is 14.8. The molecule has 7 nitrogen and oxygen atoms in total. The first-order valence-electron chi connectivity index (χ1n) is 8.11. The molecular weight excluding hydrogens is 391 g/mol. The Kier molecular flexibility index (Phi) is 5.53. The van der Waals surface area contributed by atoms with Crippen LogP contribution in [0.25, 0.3) is 28.4 Å². The van der Waals surface area contributed by atoms with Crippen molar-refractivity contribution in [2.45, 2.75) is 6.92 Å². The number of aromatic hydroxyl groups is 1. The lowest BCUT2D eigenvalue weighted by Crippen LogP contribution is -2.20. The minimum Gasteiger partial charge on any atom is -0.506 e. The van der Waals surface area contributed by atoms with Crippen molar-refractivity contribution < 1.29 is 24.1 Å². The van der Waals surface area contributed by atoms with Crippen LogP contribution in [0, 0.1) is 5.82 Å². The van der Waals surface area contributed by atoms with Crippen LogP contribution in [0.4, 0.5) is 4.39 Å². The van der Waals surface area contributed by atoms with Crippen LogP contribution in [0.5, 0.6) is 17.2 Å². The number of aliphatic hydroxyl groups excluding tert-OH is 1. The zero-order valence-electron chi connectivity index (χ0n) is 14.9. The molecule has 0 atom stereocenters. The van der Waals surface area contributed by atoms with Gasteiger partial charge in [0.1, 0.15) is 22.7 Å². The zero-order valence-corrected chi connectivity index (χ0v) is 15.7. The van der Waals surface area contributed by atoms with E-state index in [0.717, 1.165) is 10.6 Å². The summed E-state index contributed by atoms with van der Waals surface area (Å²) in [6, 6.07) is 3.75. The van der Waals surface area contributed by atoms with Crippen LogP contribution < -0.4 is 15.0 Å². The van der Waals surface area contributed by atoms with Gasteiger partial charge in [0.05, 0.1) is 23.3 Å². The zero-order chi connectivity index (χ0) is 20.4. The van der Waals surface area contributed by atoms with Gasteiger partial charge in [0.15, 0.2) is 18.2 Å². The molecule has 0 saturated heterocycles. The number of aromatic nitrogens is 2. The molecule has 0 bridgehead atoms. The predicted octanol–water partition coefficient (Wildman–Crippen LogP) is 3.39. The number of nitrogens with zero attached hydrogens (tertiary/aromatic N) is 2. The molecule has 0 aliphatic rings. The molecule has 0 unspecified atom stereocenters. The molecule has 0 fully saturated rings. The summed E-state index contributed by atoms with van der Waals surface area (Å²) in [7, 11) is 1.39. The van der Waals surface area contributed by atoms with Gasteiger partial charge in [0, 0.05) is 12.4 Å². The monoisotopic (exact) mass is 406 g/mol. The van der Waals surface area contributed by atoms with Gasteiger partial charge in [-0.05, 0) is 25.1 Å². The third-order valence-electron chi connectivity index (χ3n) is 4.06. The molecule has 3 rings (SSSR count). The predicted molar refractivity (Wildman–Crippen MR) is 103 cm³/mol. The van der Waals surface area contributed by atoms with E-state index in [-0.39, 0.29) is 33.1 Å². The van der Waals surface area contributed by atoms with Crippen LogP contribution >= 0.6 is 11.6 Å². The number of allylic oxidation sites excluding steroid dienone is 1. The summed E-state index contributed by atoms with van der Waals surface area (Å²) < 4.78 is 26.2. The van der Waals surface area contributed by atoms with E-state index in [1.807, 2.05) is 0 Å². The Balaban J connectivity index is 2.58. The van der Waals surface area contributed by atoms with Crippen molar-refractivity contribution >= 4 is 28.8 Å². The Bertz CT molecular complexity index is 1140. The van der Waals surface area contributed by atoms with E-state index < -0.39 is 29.5 Å². The van der Waals surface area contributed by atoms with Gasteiger partial charge >= 0.3 is 0 Å². The Morgan fingerprint density at radius 2 is 2.07 bits per heavy atom. The van der Waals surface area contributed by atoms with Gasteiger partial charge in [0.25, 0.3) is 5.56 Å². The molecule has 0 radical (unpaired) electrons. The van der Waals surface area contributed by atoms with Crippen molar-refractivity contribution in [3.8, 4) is 28.4 Å². The molecule has 0 spiro atoms. The second-order valence-corrected chi connectivity index (χ2v) is 6.01. The highest BCUT2D eigenvalue weighted by Gasteiger charge is 2.27. The molecule has 9 heteroatoms. The quantitative estimate of drug-likeness (QED) is 0.631. The minimum absolute atomic E-state index is 0.0416. The Morgan fingerprint density at radius 3 is 2.71 bits per heavy atom. The highest BCUT2D eigenvalue weighted by Crippen LogP contribution is 2.44. The fourth-order valence-electron chi connectivity index (χ4n) is 2.94. The van der Waals surface area contributed by atoms with Crippen LogP contribution in [-0.2, 0) is 0 Å². The van der Waals surface area contributed by atoms with Gasteiger partial charge in [0.2, 0.25) is 0 Å². The third kappa shape index (κ3) is 3.06. The van der Waals surface area contributed by atoms with E-state index in [0.29, 0.717) is 0 Å². The average Bonchev–Trinajstić information content (AvgIpc) is 2.69. The maximum Gasteiger partial charge on any atom is 0.268 e. The van der Waals surface area contributed by atoms with E-state index in [1.54, 1.807) is 13.0 Å². The molecule has 146 valence electrons. The molecule has 0 aliphatic heterocycles. The molecule has 1 aromatic carbocycles. The number of ether oxygens (including phenoxy) is 2. The largest absolute Gasteiger partial charge is 0.506 e. The van der Waals surface area contributed by atoms with Crippen LogP contribution in [-0.4, -0.2) is 33.7 Å². The molecule has 0 saturated carbocycles. The lowest BCUT2D eigenvalue weighted by Gasteiger charge is -2.17. The van der Waals surface area contributed by atoms with E-state index in [4.69, 9.17) is 26.2 Å². The normalized spacial score (nSPS) is 11.3. The molecule has 2 aromatic heterocycles. The van der Waals surface area contributed by atoms with Gasteiger partial charge in [-0.25, -0.2) is 9.37 Å². The number of benzene rings is 1. The standard InChI is InChI=1S/C19H16ClFN2O5/c1-3-8-23-18-14(12(27-2)6-7-22-18)16(25)15(19(23)26)13-11(21)5-4-10(20)17(13)28-9-24/h3-8,24-25H,9H2,1-2H3/b8-3+. The Labute approximate surface area is 163 Å². The van der Waals surface area contributed by atoms with Crippen LogP contribution in [0.3, 0.4) is 0 Å². The van der Waals surface area contributed by atoms with Crippen LogP contribution in [0.15, 0.2) is 35.3 Å². The Morgan fingerprint density at radius 1 is 1.32 bits per heavy atom. The number of fused-ring (bicyclic) bond motifs is 1. The average molecular weight is 407 g/mol. The summed E-state index contributed by atoms with van der Waals surface area (Å²) in [5.74, 6) is -1.45. The van der Waals surface area contributed by atoms with Gasteiger partial charge in [-0.3, -0.25) is 9.36 Å². The van der Waals surface area contributed by atoms with Crippen molar-refractivity contribution in [2.75, 3.05) is 13.9 Å². The molecule has 3 aromatic rings. The summed E-state index contributed by atoms with van der Waals surface area (Å²) in [6.45, 7) is 0.879. The second-order valence-electron chi connectivity index (χ2n) is 5.60. The van der Waals surface area contributed by atoms with Crippen molar-refractivity contribution in [1.29, 1.82) is 0 Å². The Hall–Kier alpha value is -3.10. The van der Waals surface area contributed by atoms with Crippen molar-refractivity contribution in [3.63, 3.8) is 0 Å². The van der Waals surface area contributed by atoms with Gasteiger partial charge in [-0.2, -0.15) is 0 Å². The van der Waals surface area contributed by atoms with Gasteiger partial charge in [-0.1, -0.05) is 17.7 Å². The fraction of sp³-hybridized carbons (Fsp3) is 0.158. The highest BCUT2D eigenvalue weighted by molar-refractivity contribution is 6.32. The van der Waals surface area contributed by atoms with Crippen molar-refractivity contribution in [3.05, 3.63) is 51.7 Å². The lowest BCUT2D eigenvalue weighted by atomic mass is 10.0. The fourth-order valence-corrected chi connectivity index (χ4v) is 3.15. The second kappa shape index (κ2) is 7.87. The number of methoxy groups -OCH3 is 1. The first-order chi connectivity index (χ1) is 13.5. The summed E-state index contributed by atoms with van der Waals surface area (Å²) in [4.78, 5) is 17.3. The molecular formula is C19H16ClFN2O5. The topological polar surface area (TPSA) is 93.8 Å². The molecule has 28 heavy (non-hydrogen) atoms. The first-order valence-corrected chi connectivity index (χ1v) is 8.49. The van der Waals surface area contributed by atoms with Crippen molar-refractivity contribution in [1.82, 2.24) is 9.55 Å². The maximum atomic E-state index is 14.8. The molecule has 2 N–H and O–H groups in total. The highest BCUT2D eigenvalue weighted by atomic mass is 35.5. The number of halogens is 2. The summed E-state index contributed by atoms with van der Waals surface area (Å²) >= 11 is 6.07. The number of hydrogen-bond donors (Lipinski definition) is 2. The molecule has 2 heterocycles. The number of hydrogen-bond acceptors (Lipinski definition) is 6. The van der Waals surface area contributed by atoms with Gasteiger partial charge in [-0.15, -0.1) is 0 Å². The summed E-state index contributed by atoms with van der Waals surface area (Å²) in [6.07, 6.45) is 4.43. The van der Waals surface area contributed by atoms with Crippen molar-refractivity contribution in [2.24, 2.45) is 0 Å². The number of pyridine rings is 2. The summed E-state index contributed by atoms with van der Waals surface area (Å²) in [5.41, 5.74) is -1.42. The van der Waals surface area contributed by atoms with E-state index in [9.17, 15) is 14.3 Å². The minimum atomic E-state index is -0.866.